The second-order valence-corrected chi connectivity index (χ2v) is 7.48. The summed E-state index contributed by atoms with van der Waals surface area (Å²) >= 11 is 0. The quantitative estimate of drug-likeness (QED) is 0.649. The zero-order valence-electron chi connectivity index (χ0n) is 16.5. The molecule has 0 fully saturated rings. The molecule has 0 heterocycles. The Labute approximate surface area is 177 Å². The number of hydrogen-bond donors (Lipinski definition) is 2. The molecule has 0 radical (unpaired) electrons. The summed E-state index contributed by atoms with van der Waals surface area (Å²) in [5.74, 6) is -2.74. The molecule has 1 aliphatic carbocycles. The number of hydrogen-bond acceptors (Lipinski definition) is 3. The first-order chi connectivity index (χ1) is 14.9. The predicted octanol–water partition coefficient (Wildman–Crippen LogP) is 4.10. The van der Waals surface area contributed by atoms with Crippen molar-refractivity contribution in [2.24, 2.45) is 5.73 Å². The molecule has 0 spiro atoms. The third-order valence-electron chi connectivity index (χ3n) is 5.62. The molecule has 5 nitrogen and oxygen atoms in total. The van der Waals surface area contributed by atoms with Gasteiger partial charge in [0.1, 0.15) is 17.4 Å². The van der Waals surface area contributed by atoms with Crippen molar-refractivity contribution in [2.75, 3.05) is 0 Å². The van der Waals surface area contributed by atoms with Gasteiger partial charge in [-0.25, -0.2) is 8.78 Å². The number of phenolic OH excluding ortho intramolecular Hbond substituents is 1. The topological polar surface area (TPSA) is 83.6 Å². The van der Waals surface area contributed by atoms with Crippen LogP contribution in [0.2, 0.25) is 0 Å². The number of halogens is 2. The average Bonchev–Trinajstić information content (AvgIpc) is 3.16. The second-order valence-electron chi connectivity index (χ2n) is 7.48. The molecule has 0 saturated heterocycles. The Morgan fingerprint density at radius 1 is 1.03 bits per heavy atom. The van der Waals surface area contributed by atoms with Crippen molar-refractivity contribution in [1.82, 2.24) is 4.90 Å². The SMILES string of the molecule is NC(=O)c1ccccc1CN(C(=O)c1ccccc1O)[C@@H]1CCc2c(F)cc(F)cc21. The van der Waals surface area contributed by atoms with E-state index in [4.69, 9.17) is 5.73 Å². The highest BCUT2D eigenvalue weighted by Gasteiger charge is 2.35. The summed E-state index contributed by atoms with van der Waals surface area (Å²) in [7, 11) is 0. The van der Waals surface area contributed by atoms with E-state index >= 15 is 0 Å². The molecule has 31 heavy (non-hydrogen) atoms. The van der Waals surface area contributed by atoms with Crippen molar-refractivity contribution < 1.29 is 23.5 Å². The lowest BCUT2D eigenvalue weighted by Crippen LogP contribution is -2.34. The van der Waals surface area contributed by atoms with Crippen LogP contribution in [0.4, 0.5) is 8.78 Å². The number of amides is 2. The number of carbonyl (C=O) groups excluding carboxylic acids is 2. The Morgan fingerprint density at radius 2 is 1.71 bits per heavy atom. The summed E-state index contributed by atoms with van der Waals surface area (Å²) in [6.07, 6.45) is 0.724. The van der Waals surface area contributed by atoms with Crippen molar-refractivity contribution in [3.8, 4) is 5.75 Å². The van der Waals surface area contributed by atoms with Gasteiger partial charge < -0.3 is 15.7 Å². The third kappa shape index (κ3) is 3.86. The van der Waals surface area contributed by atoms with E-state index in [9.17, 15) is 23.5 Å². The number of primary amides is 1. The molecule has 3 N–H and O–H groups in total. The predicted molar refractivity (Wildman–Crippen MR) is 110 cm³/mol. The molecule has 2 amide bonds. The summed E-state index contributed by atoms with van der Waals surface area (Å²) in [6.45, 7) is -0.0193. The first-order valence-electron chi connectivity index (χ1n) is 9.81. The maximum Gasteiger partial charge on any atom is 0.258 e. The van der Waals surface area contributed by atoms with Crippen LogP contribution < -0.4 is 5.73 Å². The van der Waals surface area contributed by atoms with Crippen LogP contribution in [0.5, 0.6) is 5.75 Å². The lowest BCUT2D eigenvalue weighted by molar-refractivity contribution is 0.0653. The van der Waals surface area contributed by atoms with E-state index in [1.165, 1.54) is 23.1 Å². The maximum atomic E-state index is 14.3. The highest BCUT2D eigenvalue weighted by atomic mass is 19.1. The highest BCUT2D eigenvalue weighted by molar-refractivity contribution is 5.98. The molecular weight excluding hydrogens is 402 g/mol. The summed E-state index contributed by atoms with van der Waals surface area (Å²) in [4.78, 5) is 26.8. The smallest absolute Gasteiger partial charge is 0.258 e. The van der Waals surface area contributed by atoms with Crippen LogP contribution in [0.15, 0.2) is 60.7 Å². The molecule has 7 heteroatoms. The maximum absolute atomic E-state index is 14.3. The van der Waals surface area contributed by atoms with Gasteiger partial charge in [0.25, 0.3) is 5.91 Å². The standard InChI is InChI=1S/C24H20F2N2O3/c25-15-11-19-17(20(26)12-15)9-10-21(19)28(24(31)18-7-3-4-8-22(18)29)13-14-5-1-2-6-16(14)23(27)30/h1-8,11-12,21,29H,9-10,13H2,(H2,27,30)/t21-/m1/s1. The summed E-state index contributed by atoms with van der Waals surface area (Å²) < 4.78 is 28.3. The highest BCUT2D eigenvalue weighted by Crippen LogP contribution is 2.40. The first kappa shape index (κ1) is 20.5. The molecule has 3 aromatic rings. The molecule has 1 atom stereocenters. The number of carbonyl (C=O) groups is 2. The Morgan fingerprint density at radius 3 is 2.42 bits per heavy atom. The molecule has 3 aromatic carbocycles. The van der Waals surface area contributed by atoms with Gasteiger partial charge in [-0.3, -0.25) is 9.59 Å². The molecule has 1 aliphatic rings. The second kappa shape index (κ2) is 8.18. The number of benzene rings is 3. The minimum absolute atomic E-state index is 0.0193. The van der Waals surface area contributed by atoms with Crippen LogP contribution in [-0.4, -0.2) is 21.8 Å². The monoisotopic (exact) mass is 422 g/mol. The van der Waals surface area contributed by atoms with Crippen LogP contribution in [0.25, 0.3) is 0 Å². The number of rotatable bonds is 5. The van der Waals surface area contributed by atoms with E-state index in [0.29, 0.717) is 29.5 Å². The average molecular weight is 422 g/mol. The van der Waals surface area contributed by atoms with E-state index < -0.39 is 29.5 Å². The Balaban J connectivity index is 1.81. The van der Waals surface area contributed by atoms with Crippen molar-refractivity contribution in [3.63, 3.8) is 0 Å². The summed E-state index contributed by atoms with van der Waals surface area (Å²) in [5.41, 5.74) is 7.06. The Hall–Kier alpha value is -3.74. The van der Waals surface area contributed by atoms with Gasteiger partial charge in [0.15, 0.2) is 0 Å². The lowest BCUT2D eigenvalue weighted by atomic mass is 10.0. The number of aromatic hydroxyl groups is 1. The van der Waals surface area contributed by atoms with Crippen LogP contribution in [0.3, 0.4) is 0 Å². The molecule has 4 rings (SSSR count). The summed E-state index contributed by atoms with van der Waals surface area (Å²) in [5, 5.41) is 10.2. The fourth-order valence-corrected chi connectivity index (χ4v) is 4.16. The van der Waals surface area contributed by atoms with Gasteiger partial charge in [-0.15, -0.1) is 0 Å². The number of para-hydroxylation sites is 1. The molecular formula is C24H20F2N2O3. The molecule has 158 valence electrons. The Kier molecular flexibility index (Phi) is 5.42. The number of nitrogens with zero attached hydrogens (tertiary/aromatic N) is 1. The third-order valence-corrected chi connectivity index (χ3v) is 5.62. The lowest BCUT2D eigenvalue weighted by Gasteiger charge is -2.31. The van der Waals surface area contributed by atoms with Crippen LogP contribution in [-0.2, 0) is 13.0 Å². The normalized spacial score (nSPS) is 14.8. The van der Waals surface area contributed by atoms with Crippen molar-refractivity contribution >= 4 is 11.8 Å². The van der Waals surface area contributed by atoms with E-state index in [-0.39, 0.29) is 23.4 Å². The van der Waals surface area contributed by atoms with E-state index in [1.54, 1.807) is 36.4 Å². The largest absolute Gasteiger partial charge is 0.507 e. The van der Waals surface area contributed by atoms with Crippen molar-refractivity contribution in [1.29, 1.82) is 0 Å². The van der Waals surface area contributed by atoms with E-state index in [0.717, 1.165) is 6.07 Å². The molecule has 0 saturated carbocycles. The Bertz CT molecular complexity index is 1180. The fraction of sp³-hybridized carbons (Fsp3) is 0.167. The van der Waals surface area contributed by atoms with Gasteiger partial charge >= 0.3 is 0 Å². The van der Waals surface area contributed by atoms with Crippen molar-refractivity contribution in [2.45, 2.75) is 25.4 Å². The molecule has 0 unspecified atom stereocenters. The number of fused-ring (bicyclic) bond motifs is 1. The van der Waals surface area contributed by atoms with Crippen LogP contribution in [0, 0.1) is 11.6 Å². The van der Waals surface area contributed by atoms with Gasteiger partial charge in [0, 0.05) is 18.2 Å². The molecule has 0 aliphatic heterocycles. The van der Waals surface area contributed by atoms with Crippen molar-refractivity contribution in [3.05, 3.63) is 100 Å². The van der Waals surface area contributed by atoms with Crippen LogP contribution in [0.1, 0.15) is 49.9 Å². The van der Waals surface area contributed by atoms with Gasteiger partial charge in [-0.05, 0) is 53.8 Å². The van der Waals surface area contributed by atoms with Gasteiger partial charge in [0.2, 0.25) is 5.91 Å². The molecule has 0 aromatic heterocycles. The van der Waals surface area contributed by atoms with Crippen LogP contribution >= 0.6 is 0 Å². The fourth-order valence-electron chi connectivity index (χ4n) is 4.16. The van der Waals surface area contributed by atoms with E-state index in [1.807, 2.05) is 0 Å². The zero-order chi connectivity index (χ0) is 22.1. The summed E-state index contributed by atoms with van der Waals surface area (Å²) in [6, 6.07) is 14.1. The van der Waals surface area contributed by atoms with Gasteiger partial charge in [-0.2, -0.15) is 0 Å². The number of phenols is 1. The van der Waals surface area contributed by atoms with Gasteiger partial charge in [-0.1, -0.05) is 30.3 Å². The first-order valence-corrected chi connectivity index (χ1v) is 9.81. The zero-order valence-corrected chi connectivity index (χ0v) is 16.5. The minimum Gasteiger partial charge on any atom is -0.507 e. The minimum atomic E-state index is -0.726. The van der Waals surface area contributed by atoms with Gasteiger partial charge in [0.05, 0.1) is 11.6 Å². The van der Waals surface area contributed by atoms with E-state index in [2.05, 4.69) is 0 Å². The number of nitrogens with two attached hydrogens (primary N) is 1. The molecule has 0 bridgehead atoms.